The van der Waals surface area contributed by atoms with Crippen LogP contribution < -0.4 is 14.4 Å². The fraction of sp³-hybridized carbons (Fsp3) is 0.125. The second-order valence-electron chi connectivity index (χ2n) is 8.28. The van der Waals surface area contributed by atoms with Crippen LogP contribution in [0, 0.1) is 10.1 Å². The summed E-state index contributed by atoms with van der Waals surface area (Å²) < 4.78 is 10.8. The molecule has 0 aromatic heterocycles. The minimum absolute atomic E-state index is 0.00387. The molecule has 3 aromatic rings. The van der Waals surface area contributed by atoms with Crippen LogP contribution in [-0.4, -0.2) is 40.4 Å². The van der Waals surface area contributed by atoms with Gasteiger partial charge < -0.3 is 14.4 Å². The summed E-state index contributed by atoms with van der Waals surface area (Å²) in [5.41, 5.74) is 0.537. The highest BCUT2D eigenvalue weighted by Crippen LogP contribution is 2.47. The van der Waals surface area contributed by atoms with Crippen LogP contribution >= 0.6 is 23.2 Å². The Morgan fingerprint density at radius 2 is 1.56 bits per heavy atom. The molecule has 3 aliphatic rings. The molecule has 36 heavy (non-hydrogen) atoms. The summed E-state index contributed by atoms with van der Waals surface area (Å²) in [6.45, 7) is 0.0412. The number of anilines is 1. The van der Waals surface area contributed by atoms with E-state index in [0.717, 1.165) is 17.0 Å². The Labute approximate surface area is 212 Å². The Morgan fingerprint density at radius 3 is 2.31 bits per heavy atom. The van der Waals surface area contributed by atoms with E-state index in [9.17, 15) is 24.5 Å². The number of non-ortho nitro benzene ring substituents is 1. The Hall–Kier alpha value is -4.15. The number of nitrogens with zero attached hydrogens (tertiary/aromatic N) is 3. The molecule has 3 aromatic carbocycles. The average molecular weight is 526 g/mol. The second kappa shape index (κ2) is 7.94. The van der Waals surface area contributed by atoms with Crippen LogP contribution in [0.1, 0.15) is 32.3 Å². The van der Waals surface area contributed by atoms with Crippen molar-refractivity contribution >= 4 is 52.3 Å². The maximum atomic E-state index is 13.5. The zero-order valence-corrected chi connectivity index (χ0v) is 19.5. The molecular weight excluding hydrogens is 513 g/mol. The summed E-state index contributed by atoms with van der Waals surface area (Å²) in [5, 5.41) is 11.7. The molecule has 0 bridgehead atoms. The van der Waals surface area contributed by atoms with Gasteiger partial charge >= 0.3 is 0 Å². The quantitative estimate of drug-likeness (QED) is 0.214. The zero-order chi connectivity index (χ0) is 25.3. The molecule has 1 saturated heterocycles. The van der Waals surface area contributed by atoms with Crippen molar-refractivity contribution in [2.45, 2.75) is 12.1 Å². The molecule has 0 N–H and O–H groups in total. The van der Waals surface area contributed by atoms with Gasteiger partial charge in [0, 0.05) is 17.8 Å². The first-order valence-corrected chi connectivity index (χ1v) is 11.4. The number of imide groups is 1. The van der Waals surface area contributed by atoms with E-state index in [0.29, 0.717) is 27.8 Å². The molecule has 3 heterocycles. The summed E-state index contributed by atoms with van der Waals surface area (Å²) in [4.78, 5) is 52.9. The van der Waals surface area contributed by atoms with Crippen LogP contribution in [0.2, 0.25) is 10.0 Å². The Kier molecular flexibility index (Phi) is 4.92. The standard InChI is InChI=1S/C24H13Cl2N3O7/c25-16-5-3-12(9-17(16)26)27-20(11-1-6-18-19(7-11)36-10-35-18)21(24(27)32)28-22(30)14-4-2-13(29(33)34)8-15(14)23(28)31/h1-9,20-21H,10H2/t20-,21-/m0/s1. The predicted octanol–water partition coefficient (Wildman–Crippen LogP) is 4.38. The van der Waals surface area contributed by atoms with Crippen LogP contribution in [-0.2, 0) is 4.79 Å². The molecule has 2 atom stereocenters. The highest BCUT2D eigenvalue weighted by Gasteiger charge is 2.57. The number of carbonyl (C=O) groups excluding carboxylic acids is 3. The SMILES string of the molecule is O=C1c2ccc([N+](=O)[O-])cc2C(=O)N1[C@@H]1C(=O)N(c2ccc(Cl)c(Cl)c2)[C@H]1c1ccc2c(c1)OCO2. The molecule has 10 nitrogen and oxygen atoms in total. The third-order valence-corrected chi connectivity index (χ3v) is 7.12. The molecular formula is C24H13Cl2N3O7. The van der Waals surface area contributed by atoms with Gasteiger partial charge in [-0.2, -0.15) is 0 Å². The number of hydrogen-bond donors (Lipinski definition) is 0. The van der Waals surface area contributed by atoms with E-state index >= 15 is 0 Å². The van der Waals surface area contributed by atoms with E-state index in [1.807, 2.05) is 0 Å². The number of halogens is 2. The number of amides is 3. The van der Waals surface area contributed by atoms with Crippen molar-refractivity contribution in [3.8, 4) is 11.5 Å². The number of nitro benzene ring substituents is 1. The number of hydrogen-bond acceptors (Lipinski definition) is 7. The summed E-state index contributed by atoms with van der Waals surface area (Å²) in [6.07, 6.45) is 0. The fourth-order valence-corrected chi connectivity index (χ4v) is 4.98. The van der Waals surface area contributed by atoms with Crippen LogP contribution in [0.25, 0.3) is 0 Å². The predicted molar refractivity (Wildman–Crippen MR) is 127 cm³/mol. The van der Waals surface area contributed by atoms with Gasteiger partial charge in [-0.1, -0.05) is 29.3 Å². The summed E-state index contributed by atoms with van der Waals surface area (Å²) in [6, 6.07) is 11.2. The Balaban J connectivity index is 1.44. The first kappa shape index (κ1) is 22.3. The molecule has 3 amide bonds. The molecule has 3 aliphatic heterocycles. The van der Waals surface area contributed by atoms with E-state index in [2.05, 4.69) is 0 Å². The number of benzene rings is 3. The lowest BCUT2D eigenvalue weighted by molar-refractivity contribution is -0.384. The Morgan fingerprint density at radius 1 is 0.806 bits per heavy atom. The molecule has 12 heteroatoms. The molecule has 6 rings (SSSR count). The van der Waals surface area contributed by atoms with Gasteiger partial charge in [0.1, 0.15) is 6.04 Å². The van der Waals surface area contributed by atoms with Crippen LogP contribution in [0.3, 0.4) is 0 Å². The Bertz CT molecular complexity index is 1530. The van der Waals surface area contributed by atoms with E-state index in [1.165, 1.54) is 23.1 Å². The van der Waals surface area contributed by atoms with Gasteiger partial charge in [0.15, 0.2) is 11.5 Å². The van der Waals surface area contributed by atoms with Crippen molar-refractivity contribution in [1.82, 2.24) is 4.90 Å². The largest absolute Gasteiger partial charge is 0.454 e. The van der Waals surface area contributed by atoms with Gasteiger partial charge in [-0.15, -0.1) is 0 Å². The molecule has 0 radical (unpaired) electrons. The lowest BCUT2D eigenvalue weighted by Crippen LogP contribution is -2.67. The summed E-state index contributed by atoms with van der Waals surface area (Å²) in [7, 11) is 0. The van der Waals surface area contributed by atoms with Gasteiger partial charge in [0.25, 0.3) is 23.4 Å². The normalized spacial score (nSPS) is 20.0. The molecule has 180 valence electrons. The van der Waals surface area contributed by atoms with E-state index < -0.39 is 34.7 Å². The van der Waals surface area contributed by atoms with Crippen molar-refractivity contribution in [2.24, 2.45) is 0 Å². The number of nitro groups is 1. The maximum absolute atomic E-state index is 13.5. The van der Waals surface area contributed by atoms with Gasteiger partial charge in [-0.05, 0) is 42.0 Å². The topological polar surface area (TPSA) is 119 Å². The van der Waals surface area contributed by atoms with E-state index in [1.54, 1.807) is 24.3 Å². The minimum Gasteiger partial charge on any atom is -0.454 e. The second-order valence-corrected chi connectivity index (χ2v) is 9.09. The highest BCUT2D eigenvalue weighted by atomic mass is 35.5. The zero-order valence-electron chi connectivity index (χ0n) is 18.0. The number of carbonyl (C=O) groups is 3. The number of rotatable bonds is 4. The van der Waals surface area contributed by atoms with Gasteiger partial charge in [0.05, 0.1) is 32.1 Å². The van der Waals surface area contributed by atoms with Crippen LogP contribution in [0.4, 0.5) is 11.4 Å². The third-order valence-electron chi connectivity index (χ3n) is 6.38. The third kappa shape index (κ3) is 3.15. The molecule has 0 aliphatic carbocycles. The smallest absolute Gasteiger partial charge is 0.270 e. The van der Waals surface area contributed by atoms with E-state index in [4.69, 9.17) is 32.7 Å². The summed E-state index contributed by atoms with van der Waals surface area (Å²) >= 11 is 12.2. The molecule has 0 spiro atoms. The minimum atomic E-state index is -1.20. The first-order valence-electron chi connectivity index (χ1n) is 10.6. The summed E-state index contributed by atoms with van der Waals surface area (Å²) in [5.74, 6) is -1.04. The fourth-order valence-electron chi connectivity index (χ4n) is 4.69. The lowest BCUT2D eigenvalue weighted by Gasteiger charge is -2.49. The average Bonchev–Trinajstić information content (AvgIpc) is 3.42. The number of fused-ring (bicyclic) bond motifs is 2. The van der Waals surface area contributed by atoms with Gasteiger partial charge in [-0.3, -0.25) is 29.4 Å². The first-order chi connectivity index (χ1) is 17.3. The van der Waals surface area contributed by atoms with Gasteiger partial charge in [0.2, 0.25) is 6.79 Å². The van der Waals surface area contributed by atoms with Crippen molar-refractivity contribution < 1.29 is 28.8 Å². The van der Waals surface area contributed by atoms with Crippen LogP contribution in [0.15, 0.2) is 54.6 Å². The van der Waals surface area contributed by atoms with Crippen molar-refractivity contribution in [1.29, 1.82) is 0 Å². The number of β-lactam (4-membered cyclic amide) rings is 1. The van der Waals surface area contributed by atoms with Crippen molar-refractivity contribution in [2.75, 3.05) is 11.7 Å². The van der Waals surface area contributed by atoms with Crippen LogP contribution in [0.5, 0.6) is 11.5 Å². The van der Waals surface area contributed by atoms with Gasteiger partial charge in [-0.25, -0.2) is 0 Å². The van der Waals surface area contributed by atoms with E-state index in [-0.39, 0.29) is 28.6 Å². The lowest BCUT2D eigenvalue weighted by atomic mass is 9.86. The van der Waals surface area contributed by atoms with Crippen molar-refractivity contribution in [3.05, 3.63) is 91.4 Å². The monoisotopic (exact) mass is 525 g/mol. The number of ether oxygens (including phenoxy) is 2. The molecule has 1 fully saturated rings. The molecule has 0 saturated carbocycles. The highest BCUT2D eigenvalue weighted by molar-refractivity contribution is 6.42. The van der Waals surface area contributed by atoms with Crippen molar-refractivity contribution in [3.63, 3.8) is 0 Å². The molecule has 0 unspecified atom stereocenters. The maximum Gasteiger partial charge on any atom is 0.270 e.